The largest absolute Gasteiger partial charge is 0.497 e. The molecule has 0 aliphatic carbocycles. The van der Waals surface area contributed by atoms with E-state index in [9.17, 15) is 14.4 Å². The van der Waals surface area contributed by atoms with Gasteiger partial charge in [-0.15, -0.1) is 11.3 Å². The molecular formula is C29H35N5O5S. The van der Waals surface area contributed by atoms with Crippen molar-refractivity contribution in [3.05, 3.63) is 65.2 Å². The Bertz CT molecular complexity index is 1300. The fourth-order valence-corrected chi connectivity index (χ4v) is 5.15. The minimum Gasteiger partial charge on any atom is -0.497 e. The number of methoxy groups -OCH3 is 2. The van der Waals surface area contributed by atoms with Gasteiger partial charge in [0.05, 0.1) is 26.3 Å². The number of hydrogen-bond donors (Lipinski definition) is 1. The maximum atomic E-state index is 13.0. The SMILES string of the molecule is COc1ccc(C(=O)N(CC(=O)Nc2nc(CC(=O)N3CCN(c4ccc(OC)cc4)CC3)cs2)C(C)C)cc1. The summed E-state index contributed by atoms with van der Waals surface area (Å²) < 4.78 is 10.4. The van der Waals surface area contributed by atoms with Gasteiger partial charge >= 0.3 is 0 Å². The molecule has 1 N–H and O–H groups in total. The number of piperazine rings is 1. The Balaban J connectivity index is 1.27. The number of anilines is 2. The summed E-state index contributed by atoms with van der Waals surface area (Å²) >= 11 is 1.26. The van der Waals surface area contributed by atoms with Crippen LogP contribution in [-0.4, -0.2) is 85.5 Å². The molecule has 0 unspecified atom stereocenters. The predicted molar refractivity (Wildman–Crippen MR) is 155 cm³/mol. The highest BCUT2D eigenvalue weighted by atomic mass is 32.1. The zero-order valence-corrected chi connectivity index (χ0v) is 24.1. The van der Waals surface area contributed by atoms with Crippen molar-refractivity contribution in [3.8, 4) is 11.5 Å². The number of nitrogens with zero attached hydrogens (tertiary/aromatic N) is 4. The summed E-state index contributed by atoms with van der Waals surface area (Å²) in [5.74, 6) is 0.881. The second kappa shape index (κ2) is 13.3. The van der Waals surface area contributed by atoms with Gasteiger partial charge in [-0.05, 0) is 62.4 Å². The first-order chi connectivity index (χ1) is 19.3. The van der Waals surface area contributed by atoms with Gasteiger partial charge in [0.25, 0.3) is 5.91 Å². The van der Waals surface area contributed by atoms with Gasteiger partial charge in [0.1, 0.15) is 18.0 Å². The number of rotatable bonds is 10. The molecular weight excluding hydrogens is 530 g/mol. The van der Waals surface area contributed by atoms with E-state index in [1.165, 1.54) is 16.2 Å². The fourth-order valence-electron chi connectivity index (χ4n) is 4.42. The predicted octanol–water partition coefficient (Wildman–Crippen LogP) is 3.54. The molecule has 0 radical (unpaired) electrons. The summed E-state index contributed by atoms with van der Waals surface area (Å²) in [5.41, 5.74) is 2.19. The molecule has 3 amide bonds. The number of thiazole rings is 1. The molecule has 3 aromatic rings. The molecule has 2 aromatic carbocycles. The van der Waals surface area contributed by atoms with Gasteiger partial charge in [-0.25, -0.2) is 4.98 Å². The van der Waals surface area contributed by atoms with Crippen LogP contribution in [0.5, 0.6) is 11.5 Å². The van der Waals surface area contributed by atoms with Crippen molar-refractivity contribution in [2.75, 3.05) is 57.2 Å². The van der Waals surface area contributed by atoms with E-state index in [1.807, 2.05) is 43.0 Å². The van der Waals surface area contributed by atoms with E-state index in [-0.39, 0.29) is 36.7 Å². The van der Waals surface area contributed by atoms with Crippen LogP contribution in [0.15, 0.2) is 53.9 Å². The van der Waals surface area contributed by atoms with Crippen LogP contribution in [0.25, 0.3) is 0 Å². The molecule has 1 aromatic heterocycles. The summed E-state index contributed by atoms with van der Waals surface area (Å²) in [6, 6.07) is 14.5. The van der Waals surface area contributed by atoms with Crippen molar-refractivity contribution in [2.24, 2.45) is 0 Å². The summed E-state index contributed by atoms with van der Waals surface area (Å²) in [7, 11) is 3.21. The lowest BCUT2D eigenvalue weighted by Gasteiger charge is -2.36. The van der Waals surface area contributed by atoms with Gasteiger partial charge < -0.3 is 29.5 Å². The Hall–Kier alpha value is -4.12. The van der Waals surface area contributed by atoms with Crippen molar-refractivity contribution in [1.29, 1.82) is 0 Å². The lowest BCUT2D eigenvalue weighted by atomic mass is 10.1. The minimum atomic E-state index is -0.350. The monoisotopic (exact) mass is 565 g/mol. The average Bonchev–Trinajstić information content (AvgIpc) is 3.41. The highest BCUT2D eigenvalue weighted by Gasteiger charge is 2.24. The van der Waals surface area contributed by atoms with E-state index in [4.69, 9.17) is 9.47 Å². The van der Waals surface area contributed by atoms with Crippen LogP contribution in [0, 0.1) is 0 Å². The molecule has 1 saturated heterocycles. The maximum absolute atomic E-state index is 13.0. The molecule has 0 saturated carbocycles. The van der Waals surface area contributed by atoms with Crippen molar-refractivity contribution in [3.63, 3.8) is 0 Å². The number of nitrogens with one attached hydrogen (secondary N) is 1. The minimum absolute atomic E-state index is 0.00799. The van der Waals surface area contributed by atoms with Crippen LogP contribution in [-0.2, 0) is 16.0 Å². The summed E-state index contributed by atoms with van der Waals surface area (Å²) in [4.78, 5) is 48.7. The topological polar surface area (TPSA) is 104 Å². The normalized spacial score (nSPS) is 13.2. The third kappa shape index (κ3) is 7.29. The van der Waals surface area contributed by atoms with Crippen LogP contribution in [0.2, 0.25) is 0 Å². The quantitative estimate of drug-likeness (QED) is 0.401. The van der Waals surface area contributed by atoms with Gasteiger partial charge in [0.2, 0.25) is 11.8 Å². The molecule has 40 heavy (non-hydrogen) atoms. The zero-order valence-electron chi connectivity index (χ0n) is 23.3. The van der Waals surface area contributed by atoms with Gasteiger partial charge in [-0.3, -0.25) is 14.4 Å². The second-order valence-electron chi connectivity index (χ2n) is 9.69. The number of benzene rings is 2. The Morgan fingerprint density at radius 3 is 2.12 bits per heavy atom. The summed E-state index contributed by atoms with van der Waals surface area (Å²) in [6.45, 7) is 6.36. The number of ether oxygens (including phenoxy) is 2. The molecule has 4 rings (SSSR count). The van der Waals surface area contributed by atoms with E-state index in [2.05, 4.69) is 15.2 Å². The molecule has 1 aliphatic rings. The van der Waals surface area contributed by atoms with Crippen LogP contribution >= 0.6 is 11.3 Å². The fraction of sp³-hybridized carbons (Fsp3) is 0.379. The molecule has 0 spiro atoms. The first-order valence-corrected chi connectivity index (χ1v) is 14.0. The average molecular weight is 566 g/mol. The van der Waals surface area contributed by atoms with Crippen LogP contribution in [0.3, 0.4) is 0 Å². The van der Waals surface area contributed by atoms with E-state index in [0.717, 1.165) is 24.5 Å². The van der Waals surface area contributed by atoms with E-state index in [1.54, 1.807) is 43.9 Å². The van der Waals surface area contributed by atoms with Crippen molar-refractivity contribution in [1.82, 2.24) is 14.8 Å². The maximum Gasteiger partial charge on any atom is 0.254 e. The molecule has 212 valence electrons. The molecule has 11 heteroatoms. The molecule has 1 fully saturated rings. The first-order valence-electron chi connectivity index (χ1n) is 13.1. The standard InChI is InChI=1S/C29H35N5O5S/c1-20(2)34(28(37)21-5-9-24(38-3)10-6-21)18-26(35)31-29-30-22(19-40-29)17-27(36)33-15-13-32(14-16-33)23-7-11-25(39-4)12-8-23/h5-12,19-20H,13-18H2,1-4H3,(H,30,31,35). The molecule has 10 nitrogen and oxygen atoms in total. The van der Waals surface area contributed by atoms with Gasteiger partial charge in [-0.2, -0.15) is 0 Å². The Morgan fingerprint density at radius 1 is 0.950 bits per heavy atom. The number of amides is 3. The van der Waals surface area contributed by atoms with Crippen molar-refractivity contribution >= 4 is 39.9 Å². The van der Waals surface area contributed by atoms with Gasteiger partial charge in [0.15, 0.2) is 5.13 Å². The summed E-state index contributed by atoms with van der Waals surface area (Å²) in [5, 5.41) is 4.95. The first kappa shape index (κ1) is 28.9. The zero-order chi connectivity index (χ0) is 28.6. The van der Waals surface area contributed by atoms with Crippen molar-refractivity contribution < 1.29 is 23.9 Å². The Kier molecular flexibility index (Phi) is 9.60. The Morgan fingerprint density at radius 2 is 1.55 bits per heavy atom. The van der Waals surface area contributed by atoms with E-state index >= 15 is 0 Å². The molecule has 0 atom stereocenters. The Labute approximate surface area is 238 Å². The summed E-state index contributed by atoms with van der Waals surface area (Å²) in [6.07, 6.45) is 0.170. The third-order valence-electron chi connectivity index (χ3n) is 6.74. The molecule has 2 heterocycles. The lowest BCUT2D eigenvalue weighted by Crippen LogP contribution is -2.49. The lowest BCUT2D eigenvalue weighted by molar-refractivity contribution is -0.130. The van der Waals surface area contributed by atoms with Gasteiger partial charge in [-0.1, -0.05) is 0 Å². The van der Waals surface area contributed by atoms with Crippen LogP contribution in [0.4, 0.5) is 10.8 Å². The van der Waals surface area contributed by atoms with Gasteiger partial charge in [0, 0.05) is 48.9 Å². The number of carbonyl (C=O) groups is 3. The highest BCUT2D eigenvalue weighted by Crippen LogP contribution is 2.22. The van der Waals surface area contributed by atoms with Crippen LogP contribution in [0.1, 0.15) is 29.9 Å². The third-order valence-corrected chi connectivity index (χ3v) is 7.54. The molecule has 1 aliphatic heterocycles. The number of aromatic nitrogens is 1. The van der Waals surface area contributed by atoms with Crippen LogP contribution < -0.4 is 19.7 Å². The highest BCUT2D eigenvalue weighted by molar-refractivity contribution is 7.13. The van der Waals surface area contributed by atoms with E-state index < -0.39 is 0 Å². The number of hydrogen-bond acceptors (Lipinski definition) is 8. The number of carbonyl (C=O) groups excluding carboxylic acids is 3. The van der Waals surface area contributed by atoms with E-state index in [0.29, 0.717) is 35.2 Å². The molecule has 0 bridgehead atoms. The smallest absolute Gasteiger partial charge is 0.254 e. The second-order valence-corrected chi connectivity index (χ2v) is 10.5. The van der Waals surface area contributed by atoms with Crippen molar-refractivity contribution in [2.45, 2.75) is 26.3 Å².